The van der Waals surface area contributed by atoms with Gasteiger partial charge in [0.2, 0.25) is 5.91 Å². The van der Waals surface area contributed by atoms with E-state index in [4.69, 9.17) is 4.98 Å². The quantitative estimate of drug-likeness (QED) is 0.494. The van der Waals surface area contributed by atoms with Gasteiger partial charge >= 0.3 is 0 Å². The number of nitrogens with one attached hydrogen (secondary N) is 1. The molecule has 1 N–H and O–H groups in total. The third kappa shape index (κ3) is 3.87. The second kappa shape index (κ2) is 8.40. The van der Waals surface area contributed by atoms with Crippen LogP contribution in [0.15, 0.2) is 67.0 Å². The number of amides is 1. The third-order valence-corrected chi connectivity index (χ3v) is 7.02. The first-order valence-corrected chi connectivity index (χ1v) is 11.3. The van der Waals surface area contributed by atoms with Crippen molar-refractivity contribution >= 4 is 27.5 Å². The van der Waals surface area contributed by atoms with E-state index in [-0.39, 0.29) is 17.7 Å². The minimum atomic E-state index is -0.0107. The van der Waals surface area contributed by atoms with Gasteiger partial charge in [-0.3, -0.25) is 4.79 Å². The summed E-state index contributed by atoms with van der Waals surface area (Å²) < 4.78 is 3.04. The van der Waals surface area contributed by atoms with Crippen LogP contribution in [0.25, 0.3) is 15.9 Å². The number of carbonyl (C=O) groups is 1. The largest absolute Gasteiger partial charge is 0.352 e. The molecule has 1 aliphatic rings. The lowest BCUT2D eigenvalue weighted by Crippen LogP contribution is -2.35. The van der Waals surface area contributed by atoms with E-state index in [1.54, 1.807) is 11.3 Å². The molecule has 2 aromatic heterocycles. The number of nitrogens with zero attached hydrogens (tertiary/aromatic N) is 3. The van der Waals surface area contributed by atoms with Crippen molar-refractivity contribution in [2.75, 3.05) is 0 Å². The molecule has 0 bridgehead atoms. The molecule has 1 aliphatic carbocycles. The molecule has 6 heteroatoms. The van der Waals surface area contributed by atoms with Gasteiger partial charge in [-0.25, -0.2) is 9.67 Å². The van der Waals surface area contributed by atoms with Crippen molar-refractivity contribution in [1.29, 1.82) is 0 Å². The lowest BCUT2D eigenvalue weighted by atomic mass is 9.79. The first kappa shape index (κ1) is 19.0. The second-order valence-corrected chi connectivity index (χ2v) is 8.93. The highest BCUT2D eigenvalue weighted by atomic mass is 32.1. The van der Waals surface area contributed by atoms with Crippen molar-refractivity contribution < 1.29 is 4.79 Å². The maximum Gasteiger partial charge on any atom is 0.224 e. The SMILES string of the molecule is O=C(NCc1cnn(-c2ccccc2)c1)C1CCCCC1c1nc2ccccc2s1. The van der Waals surface area contributed by atoms with Gasteiger partial charge in [-0.2, -0.15) is 5.10 Å². The molecule has 4 aromatic rings. The Kier molecular flexibility index (Phi) is 5.32. The molecule has 2 heterocycles. The number of thiazole rings is 1. The number of carbonyl (C=O) groups excluding carboxylic acids is 1. The Bertz CT molecular complexity index is 1120. The second-order valence-electron chi connectivity index (χ2n) is 7.86. The van der Waals surface area contributed by atoms with Gasteiger partial charge in [-0.05, 0) is 37.1 Å². The average Bonchev–Trinajstić information content (AvgIpc) is 3.45. The summed E-state index contributed by atoms with van der Waals surface area (Å²) in [6, 6.07) is 18.2. The number of rotatable bonds is 5. The van der Waals surface area contributed by atoms with Gasteiger partial charge < -0.3 is 5.32 Å². The first-order valence-electron chi connectivity index (χ1n) is 10.5. The van der Waals surface area contributed by atoms with Gasteiger partial charge in [-0.1, -0.05) is 43.2 Å². The fourth-order valence-corrected chi connectivity index (χ4v) is 5.45. The Morgan fingerprint density at radius 3 is 2.73 bits per heavy atom. The van der Waals surface area contributed by atoms with Crippen LogP contribution in [-0.4, -0.2) is 20.7 Å². The van der Waals surface area contributed by atoms with Crippen molar-refractivity contribution in [2.24, 2.45) is 5.92 Å². The van der Waals surface area contributed by atoms with E-state index < -0.39 is 0 Å². The molecule has 1 saturated carbocycles. The number of hydrogen-bond donors (Lipinski definition) is 1. The number of aromatic nitrogens is 3. The summed E-state index contributed by atoms with van der Waals surface area (Å²) in [6.45, 7) is 0.495. The van der Waals surface area contributed by atoms with Crippen molar-refractivity contribution in [3.63, 3.8) is 0 Å². The average molecular weight is 417 g/mol. The number of fused-ring (bicyclic) bond motifs is 1. The molecule has 30 heavy (non-hydrogen) atoms. The highest BCUT2D eigenvalue weighted by Gasteiger charge is 2.33. The van der Waals surface area contributed by atoms with Crippen LogP contribution in [-0.2, 0) is 11.3 Å². The zero-order chi connectivity index (χ0) is 20.3. The predicted octanol–water partition coefficient (Wildman–Crippen LogP) is 5.07. The van der Waals surface area contributed by atoms with Crippen LogP contribution in [0.3, 0.4) is 0 Å². The van der Waals surface area contributed by atoms with Crippen molar-refractivity contribution in [2.45, 2.75) is 38.1 Å². The molecular formula is C24H24N4OS. The normalized spacial score (nSPS) is 19.1. The monoisotopic (exact) mass is 416 g/mol. The summed E-state index contributed by atoms with van der Waals surface area (Å²) in [5.74, 6) is 0.332. The lowest BCUT2D eigenvalue weighted by Gasteiger charge is -2.29. The molecular weight excluding hydrogens is 392 g/mol. The molecule has 0 spiro atoms. The molecule has 5 nitrogen and oxygen atoms in total. The van der Waals surface area contributed by atoms with Crippen LogP contribution in [0.2, 0.25) is 0 Å². The highest BCUT2D eigenvalue weighted by Crippen LogP contribution is 2.40. The summed E-state index contributed by atoms with van der Waals surface area (Å²) in [4.78, 5) is 17.9. The molecule has 5 rings (SSSR count). The molecule has 2 atom stereocenters. The zero-order valence-corrected chi connectivity index (χ0v) is 17.5. The van der Waals surface area contributed by atoms with Crippen LogP contribution in [0.5, 0.6) is 0 Å². The van der Waals surface area contributed by atoms with Gasteiger partial charge in [0.15, 0.2) is 0 Å². The molecule has 2 aromatic carbocycles. The van der Waals surface area contributed by atoms with Gasteiger partial charge in [-0.15, -0.1) is 11.3 Å². The molecule has 0 radical (unpaired) electrons. The predicted molar refractivity (Wildman–Crippen MR) is 120 cm³/mol. The van der Waals surface area contributed by atoms with Crippen LogP contribution < -0.4 is 5.32 Å². The fraction of sp³-hybridized carbons (Fsp3) is 0.292. The zero-order valence-electron chi connectivity index (χ0n) is 16.7. The molecule has 1 amide bonds. The summed E-state index contributed by atoms with van der Waals surface area (Å²) >= 11 is 1.74. The van der Waals surface area contributed by atoms with Gasteiger partial charge in [0.25, 0.3) is 0 Å². The molecule has 1 fully saturated rings. The Labute approximate surface area is 179 Å². The van der Waals surface area contributed by atoms with E-state index in [1.165, 1.54) is 4.70 Å². The Morgan fingerprint density at radius 2 is 1.87 bits per heavy atom. The molecule has 0 aliphatic heterocycles. The van der Waals surface area contributed by atoms with Gasteiger partial charge in [0, 0.05) is 30.1 Å². The van der Waals surface area contributed by atoms with E-state index >= 15 is 0 Å². The maximum absolute atomic E-state index is 13.1. The number of para-hydroxylation sites is 2. The lowest BCUT2D eigenvalue weighted by molar-refractivity contribution is -0.126. The van der Waals surface area contributed by atoms with Crippen LogP contribution in [0.1, 0.15) is 42.2 Å². The summed E-state index contributed by atoms with van der Waals surface area (Å²) in [5, 5.41) is 8.68. The van der Waals surface area contributed by atoms with Crippen LogP contribution in [0.4, 0.5) is 0 Å². The van der Waals surface area contributed by atoms with E-state index in [9.17, 15) is 4.79 Å². The van der Waals surface area contributed by atoms with Crippen molar-refractivity contribution in [3.05, 3.63) is 77.6 Å². The number of benzene rings is 2. The first-order chi connectivity index (χ1) is 14.8. The fourth-order valence-electron chi connectivity index (χ4n) is 4.28. The van der Waals surface area contributed by atoms with Gasteiger partial charge in [0.1, 0.15) is 0 Å². The number of hydrogen-bond acceptors (Lipinski definition) is 4. The molecule has 0 saturated heterocycles. The van der Waals surface area contributed by atoms with Crippen molar-refractivity contribution in [3.8, 4) is 5.69 Å². The smallest absolute Gasteiger partial charge is 0.224 e. The highest BCUT2D eigenvalue weighted by molar-refractivity contribution is 7.18. The Balaban J connectivity index is 1.28. The molecule has 152 valence electrons. The minimum absolute atomic E-state index is 0.0107. The van der Waals surface area contributed by atoms with Crippen LogP contribution in [0, 0.1) is 5.92 Å². The minimum Gasteiger partial charge on any atom is -0.352 e. The van der Waals surface area contributed by atoms with E-state index in [0.29, 0.717) is 6.54 Å². The summed E-state index contributed by atoms with van der Waals surface area (Å²) in [6.07, 6.45) is 8.01. The topological polar surface area (TPSA) is 59.8 Å². The molecule has 2 unspecified atom stereocenters. The standard InChI is InChI=1S/C24H24N4OS/c29-23(25-14-17-15-26-28(16-17)18-8-2-1-3-9-18)19-10-4-5-11-20(19)24-27-21-12-6-7-13-22(21)30-24/h1-3,6-9,12-13,15-16,19-20H,4-5,10-11,14H2,(H,25,29). The van der Waals surface area contributed by atoms with Gasteiger partial charge in [0.05, 0.1) is 27.1 Å². The van der Waals surface area contributed by atoms with E-state index in [2.05, 4.69) is 22.5 Å². The van der Waals surface area contributed by atoms with E-state index in [0.717, 1.165) is 47.5 Å². The summed E-state index contributed by atoms with van der Waals surface area (Å²) in [7, 11) is 0. The Hall–Kier alpha value is -2.99. The maximum atomic E-state index is 13.1. The van der Waals surface area contributed by atoms with Crippen molar-refractivity contribution in [1.82, 2.24) is 20.1 Å². The third-order valence-electron chi connectivity index (χ3n) is 5.85. The van der Waals surface area contributed by atoms with E-state index in [1.807, 2.05) is 59.5 Å². The summed E-state index contributed by atoms with van der Waals surface area (Å²) in [5.41, 5.74) is 3.05. The Morgan fingerprint density at radius 1 is 1.07 bits per heavy atom. The van der Waals surface area contributed by atoms with Crippen LogP contribution >= 0.6 is 11.3 Å².